The number of nitrogens with zero attached hydrogens (tertiary/aromatic N) is 3. The highest BCUT2D eigenvalue weighted by Gasteiger charge is 2.28. The van der Waals surface area contributed by atoms with E-state index >= 15 is 0 Å². The molecule has 3 aromatic rings. The molecular formula is C22H25N3O3. The van der Waals surface area contributed by atoms with Crippen molar-refractivity contribution in [3.05, 3.63) is 48.0 Å². The van der Waals surface area contributed by atoms with Crippen LogP contribution in [-0.2, 0) is 9.47 Å². The summed E-state index contributed by atoms with van der Waals surface area (Å²) in [4.78, 5) is 21.1. The molecule has 1 saturated heterocycles. The number of hydrogen-bond acceptors (Lipinski definition) is 5. The Balaban J connectivity index is 1.90. The van der Waals surface area contributed by atoms with Gasteiger partial charge in [-0.3, -0.25) is 9.97 Å². The predicted octanol–water partition coefficient (Wildman–Crippen LogP) is 4.18. The minimum atomic E-state index is -0.298. The number of carbonyl (C=O) groups excluding carboxylic acids is 1. The van der Waals surface area contributed by atoms with Crippen molar-refractivity contribution in [2.24, 2.45) is 5.92 Å². The lowest BCUT2D eigenvalue weighted by Crippen LogP contribution is -2.24. The van der Waals surface area contributed by atoms with Crippen LogP contribution in [0.1, 0.15) is 41.9 Å². The summed E-state index contributed by atoms with van der Waals surface area (Å²) in [6, 6.07) is 6.34. The minimum absolute atomic E-state index is 0.252. The average molecular weight is 379 g/mol. The smallest absolute Gasteiger partial charge is 0.340 e. The largest absolute Gasteiger partial charge is 0.465 e. The maximum atomic E-state index is 12.5. The van der Waals surface area contributed by atoms with Gasteiger partial charge in [-0.15, -0.1) is 0 Å². The molecule has 0 aliphatic carbocycles. The summed E-state index contributed by atoms with van der Waals surface area (Å²) in [6.07, 6.45) is 7.16. The van der Waals surface area contributed by atoms with Gasteiger partial charge in [0.25, 0.3) is 0 Å². The molecule has 0 saturated carbocycles. The van der Waals surface area contributed by atoms with Gasteiger partial charge in [-0.05, 0) is 38.7 Å². The van der Waals surface area contributed by atoms with E-state index < -0.39 is 0 Å². The van der Waals surface area contributed by atoms with Crippen LogP contribution in [0.4, 0.5) is 0 Å². The van der Waals surface area contributed by atoms with Crippen molar-refractivity contribution in [1.29, 1.82) is 0 Å². The van der Waals surface area contributed by atoms with Crippen molar-refractivity contribution < 1.29 is 14.3 Å². The molecule has 0 N–H and O–H groups in total. The van der Waals surface area contributed by atoms with Crippen LogP contribution in [0.2, 0.25) is 0 Å². The monoisotopic (exact) mass is 379 g/mol. The Morgan fingerprint density at radius 2 is 2.07 bits per heavy atom. The minimum Gasteiger partial charge on any atom is -0.465 e. The third kappa shape index (κ3) is 3.18. The molecule has 6 nitrogen and oxygen atoms in total. The zero-order chi connectivity index (χ0) is 19.7. The number of ether oxygens (including phenoxy) is 2. The normalized spacial score (nSPS) is 16.2. The van der Waals surface area contributed by atoms with E-state index in [0.29, 0.717) is 11.5 Å². The van der Waals surface area contributed by atoms with Crippen molar-refractivity contribution in [2.75, 3.05) is 20.3 Å². The molecule has 1 aliphatic rings. The van der Waals surface area contributed by atoms with Crippen molar-refractivity contribution in [2.45, 2.75) is 32.7 Å². The summed E-state index contributed by atoms with van der Waals surface area (Å²) >= 11 is 0. The zero-order valence-electron chi connectivity index (χ0n) is 16.5. The second-order valence-electron chi connectivity index (χ2n) is 7.33. The SMILES string of the molecule is COC(=O)c1c(C)n(C(C)C2CCOCC2)c2cc(-c3cnccn3)ccc12. The molecule has 0 spiro atoms. The van der Waals surface area contributed by atoms with Crippen LogP contribution >= 0.6 is 0 Å². The predicted molar refractivity (Wildman–Crippen MR) is 107 cm³/mol. The van der Waals surface area contributed by atoms with Crippen LogP contribution in [0.5, 0.6) is 0 Å². The fraction of sp³-hybridized carbons (Fsp3) is 0.409. The van der Waals surface area contributed by atoms with Crippen molar-refractivity contribution in [3.8, 4) is 11.3 Å². The molecule has 4 rings (SSSR count). The van der Waals surface area contributed by atoms with Gasteiger partial charge in [0.1, 0.15) is 0 Å². The first-order valence-electron chi connectivity index (χ1n) is 9.68. The number of esters is 1. The van der Waals surface area contributed by atoms with Crippen LogP contribution in [0.25, 0.3) is 22.2 Å². The number of hydrogen-bond donors (Lipinski definition) is 0. The van der Waals surface area contributed by atoms with Crippen molar-refractivity contribution in [3.63, 3.8) is 0 Å². The Kier molecular flexibility index (Phi) is 5.13. The van der Waals surface area contributed by atoms with E-state index in [-0.39, 0.29) is 12.0 Å². The van der Waals surface area contributed by atoms with Gasteiger partial charge in [0.15, 0.2) is 0 Å². The quantitative estimate of drug-likeness (QED) is 0.636. The number of methoxy groups -OCH3 is 1. The Morgan fingerprint density at radius 3 is 2.75 bits per heavy atom. The van der Waals surface area contributed by atoms with Gasteiger partial charge in [0.2, 0.25) is 0 Å². The number of rotatable bonds is 4. The summed E-state index contributed by atoms with van der Waals surface area (Å²) in [7, 11) is 1.43. The van der Waals surface area contributed by atoms with Gasteiger partial charge in [0.05, 0.1) is 30.1 Å². The molecule has 1 atom stereocenters. The maximum absolute atomic E-state index is 12.5. The number of fused-ring (bicyclic) bond motifs is 1. The Hall–Kier alpha value is -2.73. The summed E-state index contributed by atoms with van der Waals surface area (Å²) in [5.74, 6) is 0.210. The molecule has 6 heteroatoms. The first kappa shape index (κ1) is 18.6. The second-order valence-corrected chi connectivity index (χ2v) is 7.33. The standard InChI is InChI=1S/C22H25N3O3/c1-14(16-6-10-28-11-7-16)25-15(2)21(22(26)27-3)18-5-4-17(12-20(18)25)19-13-23-8-9-24-19/h4-5,8-9,12-14,16H,6-7,10-11H2,1-3H3. The van der Waals surface area contributed by atoms with Crippen LogP contribution in [0, 0.1) is 12.8 Å². The molecule has 2 aromatic heterocycles. The third-order valence-electron chi connectivity index (χ3n) is 5.85. The first-order chi connectivity index (χ1) is 13.6. The van der Waals surface area contributed by atoms with E-state index in [9.17, 15) is 4.79 Å². The van der Waals surface area contributed by atoms with Gasteiger partial charge in [0, 0.05) is 48.3 Å². The lowest BCUT2D eigenvalue weighted by Gasteiger charge is -2.30. The van der Waals surface area contributed by atoms with E-state index in [1.54, 1.807) is 18.6 Å². The lowest BCUT2D eigenvalue weighted by molar-refractivity contribution is 0.0514. The van der Waals surface area contributed by atoms with Crippen LogP contribution < -0.4 is 0 Å². The molecule has 3 heterocycles. The maximum Gasteiger partial charge on any atom is 0.340 e. The van der Waals surface area contributed by atoms with E-state index in [0.717, 1.165) is 53.9 Å². The van der Waals surface area contributed by atoms with E-state index in [1.165, 1.54) is 7.11 Å². The molecule has 0 amide bonds. The molecule has 1 aliphatic heterocycles. The van der Waals surface area contributed by atoms with Gasteiger partial charge >= 0.3 is 5.97 Å². The van der Waals surface area contributed by atoms with Gasteiger partial charge in [-0.1, -0.05) is 12.1 Å². The summed E-state index contributed by atoms with van der Waals surface area (Å²) in [5.41, 5.74) is 4.40. The summed E-state index contributed by atoms with van der Waals surface area (Å²) < 4.78 is 12.9. The highest BCUT2D eigenvalue weighted by molar-refractivity contribution is 6.06. The first-order valence-corrected chi connectivity index (χ1v) is 9.68. The fourth-order valence-corrected chi connectivity index (χ4v) is 4.34. The van der Waals surface area contributed by atoms with Crippen LogP contribution in [0.15, 0.2) is 36.8 Å². The molecule has 28 heavy (non-hydrogen) atoms. The Bertz CT molecular complexity index is 991. The average Bonchev–Trinajstić information content (AvgIpc) is 3.05. The number of carbonyl (C=O) groups is 1. The molecule has 0 radical (unpaired) electrons. The van der Waals surface area contributed by atoms with E-state index in [2.05, 4.69) is 27.5 Å². The fourth-order valence-electron chi connectivity index (χ4n) is 4.34. The highest BCUT2D eigenvalue weighted by atomic mass is 16.5. The van der Waals surface area contributed by atoms with E-state index in [4.69, 9.17) is 9.47 Å². The van der Waals surface area contributed by atoms with Crippen molar-refractivity contribution >= 4 is 16.9 Å². The molecule has 1 unspecified atom stereocenters. The number of benzene rings is 1. The molecule has 1 fully saturated rings. The Morgan fingerprint density at radius 1 is 1.29 bits per heavy atom. The second kappa shape index (κ2) is 7.72. The van der Waals surface area contributed by atoms with Crippen LogP contribution in [-0.4, -0.2) is 40.8 Å². The Labute approximate surface area is 164 Å². The summed E-state index contributed by atoms with van der Waals surface area (Å²) in [5, 5.41) is 0.913. The summed E-state index contributed by atoms with van der Waals surface area (Å²) in [6.45, 7) is 5.83. The van der Waals surface area contributed by atoms with Crippen LogP contribution in [0.3, 0.4) is 0 Å². The topological polar surface area (TPSA) is 66.2 Å². The zero-order valence-corrected chi connectivity index (χ0v) is 16.5. The van der Waals surface area contributed by atoms with Gasteiger partial charge in [-0.25, -0.2) is 4.79 Å². The highest BCUT2D eigenvalue weighted by Crippen LogP contribution is 2.37. The molecule has 0 bridgehead atoms. The van der Waals surface area contributed by atoms with Crippen molar-refractivity contribution in [1.82, 2.24) is 14.5 Å². The molecule has 1 aromatic carbocycles. The molecular weight excluding hydrogens is 354 g/mol. The number of aromatic nitrogens is 3. The van der Waals surface area contributed by atoms with Gasteiger partial charge in [-0.2, -0.15) is 0 Å². The van der Waals surface area contributed by atoms with E-state index in [1.807, 2.05) is 19.1 Å². The third-order valence-corrected chi connectivity index (χ3v) is 5.85. The molecule has 146 valence electrons. The lowest BCUT2D eigenvalue weighted by atomic mass is 9.92. The van der Waals surface area contributed by atoms with Gasteiger partial charge < -0.3 is 14.0 Å².